The number of nitrogens with zero attached hydrogens (tertiary/aromatic N) is 1. The second kappa shape index (κ2) is 7.51. The monoisotopic (exact) mass is 267 g/mol. The van der Waals surface area contributed by atoms with Crippen LogP contribution in [0.3, 0.4) is 0 Å². The van der Waals surface area contributed by atoms with E-state index in [2.05, 4.69) is 0 Å². The molecule has 0 bridgehead atoms. The van der Waals surface area contributed by atoms with E-state index in [0.29, 0.717) is 25.8 Å². The molecule has 5 heteroatoms. The fraction of sp³-hybridized carbons (Fsp3) is 0.429. The third-order valence-corrected chi connectivity index (χ3v) is 2.77. The number of rotatable bonds is 7. The molecule has 0 saturated heterocycles. The molecule has 0 atom stereocenters. The minimum Gasteiger partial charge on any atom is -0.481 e. The summed E-state index contributed by atoms with van der Waals surface area (Å²) in [6.07, 6.45) is 1.45. The van der Waals surface area contributed by atoms with Crippen LogP contribution in [0.15, 0.2) is 24.3 Å². The summed E-state index contributed by atoms with van der Waals surface area (Å²) in [6, 6.07) is 6.12. The van der Waals surface area contributed by atoms with Crippen LogP contribution in [0, 0.1) is 5.82 Å². The molecular formula is C14H18FNO3. The zero-order chi connectivity index (χ0) is 14.3. The maximum absolute atomic E-state index is 13.0. The number of unbranched alkanes of at least 4 members (excludes halogenated alkanes) is 1. The minimum atomic E-state index is -0.847. The predicted molar refractivity (Wildman–Crippen MR) is 69.0 cm³/mol. The van der Waals surface area contributed by atoms with Crippen LogP contribution in [0.1, 0.15) is 31.2 Å². The van der Waals surface area contributed by atoms with Crippen LogP contribution in [-0.2, 0) is 16.1 Å². The first-order valence-corrected chi connectivity index (χ1v) is 6.19. The highest BCUT2D eigenvalue weighted by molar-refractivity contribution is 5.75. The van der Waals surface area contributed by atoms with Gasteiger partial charge in [0.15, 0.2) is 0 Å². The predicted octanol–water partition coefficient (Wildman–Crippen LogP) is 2.43. The number of carboxylic acid groups (broad SMARTS) is 1. The maximum atomic E-state index is 13.0. The molecule has 0 aromatic heterocycles. The number of benzene rings is 1. The Morgan fingerprint density at radius 1 is 1.26 bits per heavy atom. The van der Waals surface area contributed by atoms with Gasteiger partial charge in [0.05, 0.1) is 0 Å². The van der Waals surface area contributed by atoms with Crippen molar-refractivity contribution in [2.24, 2.45) is 0 Å². The van der Waals surface area contributed by atoms with Crippen LogP contribution in [0.5, 0.6) is 0 Å². The van der Waals surface area contributed by atoms with Crippen LogP contribution in [0.2, 0.25) is 0 Å². The van der Waals surface area contributed by atoms with Gasteiger partial charge < -0.3 is 10.0 Å². The van der Waals surface area contributed by atoms with Gasteiger partial charge in [-0.25, -0.2) is 4.39 Å². The van der Waals surface area contributed by atoms with Crippen LogP contribution >= 0.6 is 0 Å². The molecule has 104 valence electrons. The number of carboxylic acids is 1. The van der Waals surface area contributed by atoms with Gasteiger partial charge in [0.1, 0.15) is 5.82 Å². The van der Waals surface area contributed by atoms with Crippen molar-refractivity contribution < 1.29 is 19.1 Å². The molecule has 0 spiro atoms. The lowest BCUT2D eigenvalue weighted by atomic mass is 10.1. The summed E-state index contributed by atoms with van der Waals surface area (Å²) in [5.41, 5.74) is 0.737. The highest BCUT2D eigenvalue weighted by atomic mass is 19.1. The number of carbonyl (C=O) groups excluding carboxylic acids is 1. The molecule has 0 radical (unpaired) electrons. The fourth-order valence-electron chi connectivity index (χ4n) is 1.74. The zero-order valence-corrected chi connectivity index (χ0v) is 10.9. The van der Waals surface area contributed by atoms with Crippen LogP contribution in [0.25, 0.3) is 0 Å². The topological polar surface area (TPSA) is 57.6 Å². The number of amides is 1. The molecule has 4 nitrogen and oxygen atoms in total. The number of hydrogen-bond donors (Lipinski definition) is 1. The summed E-state index contributed by atoms with van der Waals surface area (Å²) in [6.45, 7) is 0.357. The Bertz CT molecular complexity index is 448. The molecule has 1 amide bonds. The summed E-state index contributed by atoms with van der Waals surface area (Å²) in [5.74, 6) is -1.23. The summed E-state index contributed by atoms with van der Waals surface area (Å²) in [4.78, 5) is 23.6. The van der Waals surface area contributed by atoms with Crippen LogP contribution in [0.4, 0.5) is 4.39 Å². The summed E-state index contributed by atoms with van der Waals surface area (Å²) in [7, 11) is 1.66. The quantitative estimate of drug-likeness (QED) is 0.772. The minimum absolute atomic E-state index is 0.0605. The first kappa shape index (κ1) is 15.1. The Morgan fingerprint density at radius 2 is 1.95 bits per heavy atom. The smallest absolute Gasteiger partial charge is 0.303 e. The van der Waals surface area contributed by atoms with E-state index in [-0.39, 0.29) is 18.1 Å². The Labute approximate surface area is 111 Å². The molecule has 1 aromatic carbocycles. The van der Waals surface area contributed by atoms with Crippen molar-refractivity contribution >= 4 is 11.9 Å². The molecule has 0 aliphatic rings. The van der Waals surface area contributed by atoms with Crippen molar-refractivity contribution in [1.29, 1.82) is 0 Å². The highest BCUT2D eigenvalue weighted by Crippen LogP contribution is 2.09. The molecule has 19 heavy (non-hydrogen) atoms. The Kier molecular flexibility index (Phi) is 5.99. The van der Waals surface area contributed by atoms with E-state index in [9.17, 15) is 14.0 Å². The maximum Gasteiger partial charge on any atom is 0.303 e. The van der Waals surface area contributed by atoms with Gasteiger partial charge in [-0.1, -0.05) is 12.1 Å². The summed E-state index contributed by atoms with van der Waals surface area (Å²) < 4.78 is 13.0. The van der Waals surface area contributed by atoms with E-state index in [1.807, 2.05) is 0 Å². The van der Waals surface area contributed by atoms with Crippen LogP contribution in [-0.4, -0.2) is 28.9 Å². The number of halogens is 1. The molecule has 0 aliphatic carbocycles. The van der Waals surface area contributed by atoms with E-state index in [1.54, 1.807) is 19.2 Å². The van der Waals surface area contributed by atoms with Crippen molar-refractivity contribution in [3.8, 4) is 0 Å². The van der Waals surface area contributed by atoms with Crippen molar-refractivity contribution in [2.45, 2.75) is 32.2 Å². The van der Waals surface area contributed by atoms with Crippen molar-refractivity contribution in [1.82, 2.24) is 4.90 Å². The van der Waals surface area contributed by atoms with Crippen LogP contribution < -0.4 is 0 Å². The molecule has 1 N–H and O–H groups in total. The van der Waals surface area contributed by atoms with Gasteiger partial charge in [0, 0.05) is 26.4 Å². The second-order valence-electron chi connectivity index (χ2n) is 4.48. The van der Waals surface area contributed by atoms with E-state index in [1.165, 1.54) is 17.0 Å². The Balaban J connectivity index is 2.34. The molecular weight excluding hydrogens is 249 g/mol. The lowest BCUT2D eigenvalue weighted by molar-refractivity contribution is -0.137. The zero-order valence-electron chi connectivity index (χ0n) is 10.9. The van der Waals surface area contributed by atoms with Crippen molar-refractivity contribution in [2.75, 3.05) is 7.05 Å². The lowest BCUT2D eigenvalue weighted by Gasteiger charge is -2.17. The van der Waals surface area contributed by atoms with Gasteiger partial charge in [-0.3, -0.25) is 9.59 Å². The SMILES string of the molecule is CN(Cc1cccc(F)c1)C(=O)CCCCC(=O)O. The first-order valence-electron chi connectivity index (χ1n) is 6.19. The largest absolute Gasteiger partial charge is 0.481 e. The van der Waals surface area contributed by atoms with Gasteiger partial charge in [-0.2, -0.15) is 0 Å². The van der Waals surface area contributed by atoms with Gasteiger partial charge in [0.25, 0.3) is 0 Å². The molecule has 0 saturated carbocycles. The molecule has 0 heterocycles. The molecule has 0 aliphatic heterocycles. The average molecular weight is 267 g/mol. The van der Waals surface area contributed by atoms with E-state index in [0.717, 1.165) is 5.56 Å². The normalized spacial score (nSPS) is 10.2. The number of aliphatic carboxylic acids is 1. The molecule has 0 unspecified atom stereocenters. The summed E-state index contributed by atoms with van der Waals surface area (Å²) in [5, 5.41) is 8.48. The Hall–Kier alpha value is -1.91. The van der Waals surface area contributed by atoms with E-state index in [4.69, 9.17) is 5.11 Å². The average Bonchev–Trinajstić information content (AvgIpc) is 2.34. The van der Waals surface area contributed by atoms with E-state index < -0.39 is 5.97 Å². The van der Waals surface area contributed by atoms with Gasteiger partial charge in [0.2, 0.25) is 5.91 Å². The third kappa shape index (κ3) is 5.99. The highest BCUT2D eigenvalue weighted by Gasteiger charge is 2.09. The summed E-state index contributed by atoms with van der Waals surface area (Å²) >= 11 is 0. The number of hydrogen-bond acceptors (Lipinski definition) is 2. The van der Waals surface area contributed by atoms with Gasteiger partial charge in [-0.15, -0.1) is 0 Å². The fourth-order valence-corrected chi connectivity index (χ4v) is 1.74. The third-order valence-electron chi connectivity index (χ3n) is 2.77. The molecule has 1 aromatic rings. The van der Waals surface area contributed by atoms with Crippen molar-refractivity contribution in [3.05, 3.63) is 35.6 Å². The van der Waals surface area contributed by atoms with E-state index >= 15 is 0 Å². The van der Waals surface area contributed by atoms with Gasteiger partial charge in [-0.05, 0) is 30.5 Å². The number of carbonyl (C=O) groups is 2. The second-order valence-corrected chi connectivity index (χ2v) is 4.48. The first-order chi connectivity index (χ1) is 8.99. The Morgan fingerprint density at radius 3 is 2.58 bits per heavy atom. The van der Waals surface area contributed by atoms with Gasteiger partial charge >= 0.3 is 5.97 Å². The molecule has 1 rings (SSSR count). The van der Waals surface area contributed by atoms with Crippen molar-refractivity contribution in [3.63, 3.8) is 0 Å². The standard InChI is InChI=1S/C14H18FNO3/c1-16(10-11-5-4-6-12(15)9-11)13(17)7-2-3-8-14(18)19/h4-6,9H,2-3,7-8,10H2,1H3,(H,18,19). The lowest BCUT2D eigenvalue weighted by Crippen LogP contribution is -2.25. The molecule has 0 fully saturated rings.